The first-order chi connectivity index (χ1) is 14.8. The zero-order chi connectivity index (χ0) is 20.1. The minimum absolute atomic E-state index is 0.308. The van der Waals surface area contributed by atoms with Crippen LogP contribution in [0.15, 0.2) is 36.9 Å². The highest BCUT2D eigenvalue weighted by atomic mass is 16.2. The number of nitrogens with zero attached hydrogens (tertiary/aromatic N) is 6. The Labute approximate surface area is 176 Å². The van der Waals surface area contributed by atoms with Gasteiger partial charge in [-0.3, -0.25) is 9.48 Å². The third-order valence-electron chi connectivity index (χ3n) is 6.98. The topological polar surface area (TPSA) is 58.7 Å². The predicted molar refractivity (Wildman–Crippen MR) is 115 cm³/mol. The van der Waals surface area contributed by atoms with E-state index in [0.717, 1.165) is 55.7 Å². The van der Waals surface area contributed by atoms with Crippen molar-refractivity contribution in [3.63, 3.8) is 0 Å². The molecule has 0 atom stereocenters. The van der Waals surface area contributed by atoms with Gasteiger partial charge in [-0.1, -0.05) is 12.8 Å². The van der Waals surface area contributed by atoms with Crippen LogP contribution in [0.5, 0.6) is 0 Å². The number of carbonyl (C=O) groups is 1. The van der Waals surface area contributed by atoms with Crippen molar-refractivity contribution >= 4 is 17.1 Å². The van der Waals surface area contributed by atoms with Gasteiger partial charge >= 0.3 is 0 Å². The molecule has 2 saturated carbocycles. The fraction of sp³-hybridized carbons (Fsp3) is 0.522. The van der Waals surface area contributed by atoms with Gasteiger partial charge in [0.15, 0.2) is 0 Å². The van der Waals surface area contributed by atoms with Gasteiger partial charge in [0.1, 0.15) is 0 Å². The summed E-state index contributed by atoms with van der Waals surface area (Å²) in [5, 5.41) is 9.18. The molecule has 3 aliphatic rings. The van der Waals surface area contributed by atoms with E-state index in [1.165, 1.54) is 31.4 Å². The molecule has 6 rings (SSSR count). The highest BCUT2D eigenvalue weighted by Gasteiger charge is 2.34. The van der Waals surface area contributed by atoms with Gasteiger partial charge in [0.05, 0.1) is 23.4 Å². The molecule has 0 bridgehead atoms. The molecule has 0 aromatic carbocycles. The summed E-state index contributed by atoms with van der Waals surface area (Å²) >= 11 is 0. The predicted octanol–water partition coefficient (Wildman–Crippen LogP) is 3.37. The van der Waals surface area contributed by atoms with E-state index >= 15 is 0 Å². The van der Waals surface area contributed by atoms with E-state index in [9.17, 15) is 4.79 Å². The quantitative estimate of drug-likeness (QED) is 0.669. The highest BCUT2D eigenvalue weighted by Crippen LogP contribution is 2.33. The van der Waals surface area contributed by atoms with Crippen LogP contribution in [0.2, 0.25) is 0 Å². The number of piperazine rings is 1. The first kappa shape index (κ1) is 18.0. The van der Waals surface area contributed by atoms with Crippen LogP contribution in [0.25, 0.3) is 16.6 Å². The fourth-order valence-electron chi connectivity index (χ4n) is 5.04. The molecule has 3 fully saturated rings. The lowest BCUT2D eigenvalue weighted by Gasteiger charge is -2.36. The van der Waals surface area contributed by atoms with Gasteiger partial charge < -0.3 is 9.80 Å². The average Bonchev–Trinajstić information content (AvgIpc) is 3.17. The summed E-state index contributed by atoms with van der Waals surface area (Å²) < 4.78 is 4.12. The van der Waals surface area contributed by atoms with Gasteiger partial charge in [-0.25, -0.2) is 4.52 Å². The molecule has 156 valence electrons. The van der Waals surface area contributed by atoms with Crippen molar-refractivity contribution < 1.29 is 4.79 Å². The lowest BCUT2D eigenvalue weighted by molar-refractivity contribution is -0.132. The zero-order valence-electron chi connectivity index (χ0n) is 17.3. The van der Waals surface area contributed by atoms with Crippen LogP contribution in [0.1, 0.15) is 44.6 Å². The van der Waals surface area contributed by atoms with E-state index in [1.54, 1.807) is 0 Å². The lowest BCUT2D eigenvalue weighted by atomic mass is 10.2. The Balaban J connectivity index is 1.24. The van der Waals surface area contributed by atoms with E-state index < -0.39 is 0 Å². The number of carbonyl (C=O) groups excluding carboxylic acids is 1. The Bertz CT molecular complexity index is 1070. The maximum Gasteiger partial charge on any atom is 0.225 e. The number of hydrogen-bond donors (Lipinski definition) is 0. The van der Waals surface area contributed by atoms with Crippen molar-refractivity contribution in [1.82, 2.24) is 24.3 Å². The first-order valence-corrected chi connectivity index (χ1v) is 11.3. The van der Waals surface area contributed by atoms with Crippen molar-refractivity contribution in [3.8, 4) is 11.1 Å². The van der Waals surface area contributed by atoms with Gasteiger partial charge in [-0.05, 0) is 37.8 Å². The van der Waals surface area contributed by atoms with Gasteiger partial charge in [0.2, 0.25) is 5.91 Å². The number of amides is 1. The molecular weight excluding hydrogens is 376 g/mol. The molecule has 3 aromatic heterocycles. The van der Waals surface area contributed by atoms with Crippen molar-refractivity contribution in [1.29, 1.82) is 0 Å². The Hall–Kier alpha value is -2.83. The summed E-state index contributed by atoms with van der Waals surface area (Å²) in [6.07, 6.45) is 15.4. The van der Waals surface area contributed by atoms with Crippen LogP contribution in [0.3, 0.4) is 0 Å². The standard InChI is InChI=1S/C23H28N6O/c30-23(17-5-6-17)27-11-9-26(10-12-27)21-7-8-24-29-15-18(13-22(21)29)19-14-25-28(16-19)20-3-1-2-4-20/h7-8,13-17,20H,1-6,9-12H2. The summed E-state index contributed by atoms with van der Waals surface area (Å²) in [5.41, 5.74) is 4.61. The number of hydrogen-bond acceptors (Lipinski definition) is 4. The maximum atomic E-state index is 12.4. The van der Waals surface area contributed by atoms with Crippen LogP contribution < -0.4 is 4.90 Å². The smallest absolute Gasteiger partial charge is 0.225 e. The molecule has 1 saturated heterocycles. The zero-order valence-corrected chi connectivity index (χ0v) is 17.3. The van der Waals surface area contributed by atoms with E-state index in [2.05, 4.69) is 44.3 Å². The molecule has 4 heterocycles. The Kier molecular flexibility index (Phi) is 4.28. The molecule has 7 heteroatoms. The molecule has 2 aliphatic carbocycles. The molecule has 1 amide bonds. The minimum atomic E-state index is 0.308. The molecule has 0 N–H and O–H groups in total. The van der Waals surface area contributed by atoms with Gasteiger partial charge in [-0.2, -0.15) is 10.2 Å². The van der Waals surface area contributed by atoms with Gasteiger partial charge in [0.25, 0.3) is 0 Å². The van der Waals surface area contributed by atoms with Crippen LogP contribution >= 0.6 is 0 Å². The van der Waals surface area contributed by atoms with Crippen LogP contribution in [-0.2, 0) is 4.79 Å². The van der Waals surface area contributed by atoms with Crippen molar-refractivity contribution in [2.24, 2.45) is 5.92 Å². The van der Waals surface area contributed by atoms with Crippen molar-refractivity contribution in [2.45, 2.75) is 44.6 Å². The highest BCUT2D eigenvalue weighted by molar-refractivity contribution is 5.82. The third kappa shape index (κ3) is 3.16. The largest absolute Gasteiger partial charge is 0.366 e. The second-order valence-corrected chi connectivity index (χ2v) is 9.01. The lowest BCUT2D eigenvalue weighted by Crippen LogP contribution is -2.49. The second-order valence-electron chi connectivity index (χ2n) is 9.01. The summed E-state index contributed by atoms with van der Waals surface area (Å²) in [7, 11) is 0. The molecule has 30 heavy (non-hydrogen) atoms. The summed E-state index contributed by atoms with van der Waals surface area (Å²) in [4.78, 5) is 16.8. The first-order valence-electron chi connectivity index (χ1n) is 11.3. The second kappa shape index (κ2) is 7.15. The van der Waals surface area contributed by atoms with Gasteiger partial charge in [0, 0.05) is 61.8 Å². The SMILES string of the molecule is O=C(C1CC1)N1CCN(c2ccnn3cc(-c4cnn(C5CCCC5)c4)cc23)CC1. The van der Waals surface area contributed by atoms with Crippen molar-refractivity contribution in [3.05, 3.63) is 36.9 Å². The molecular formula is C23H28N6O. The van der Waals surface area contributed by atoms with Gasteiger partial charge in [-0.15, -0.1) is 0 Å². The Morgan fingerprint density at radius 2 is 1.73 bits per heavy atom. The molecule has 0 radical (unpaired) electrons. The summed E-state index contributed by atoms with van der Waals surface area (Å²) in [5.74, 6) is 0.668. The van der Waals surface area contributed by atoms with Crippen LogP contribution in [0.4, 0.5) is 5.69 Å². The number of fused-ring (bicyclic) bond motifs is 1. The van der Waals surface area contributed by atoms with Crippen LogP contribution in [-0.4, -0.2) is 56.4 Å². The Morgan fingerprint density at radius 1 is 0.933 bits per heavy atom. The molecule has 0 spiro atoms. The normalized spacial score (nSPS) is 20.4. The molecule has 0 unspecified atom stereocenters. The van der Waals surface area contributed by atoms with Crippen LogP contribution in [0, 0.1) is 5.92 Å². The van der Waals surface area contributed by atoms with E-state index in [4.69, 9.17) is 0 Å². The minimum Gasteiger partial charge on any atom is -0.366 e. The number of anilines is 1. The fourth-order valence-corrected chi connectivity index (χ4v) is 5.04. The summed E-state index contributed by atoms with van der Waals surface area (Å²) in [6.45, 7) is 3.37. The third-order valence-corrected chi connectivity index (χ3v) is 6.98. The maximum absolute atomic E-state index is 12.4. The molecule has 1 aliphatic heterocycles. The molecule has 7 nitrogen and oxygen atoms in total. The van der Waals surface area contributed by atoms with E-state index in [0.29, 0.717) is 17.9 Å². The summed E-state index contributed by atoms with van der Waals surface area (Å²) in [6, 6.07) is 4.87. The monoisotopic (exact) mass is 404 g/mol. The molecule has 3 aromatic rings. The Morgan fingerprint density at radius 3 is 2.50 bits per heavy atom. The average molecular weight is 405 g/mol. The number of rotatable bonds is 4. The van der Waals surface area contributed by atoms with E-state index in [1.807, 2.05) is 21.8 Å². The van der Waals surface area contributed by atoms with E-state index in [-0.39, 0.29) is 0 Å². The van der Waals surface area contributed by atoms with Crippen molar-refractivity contribution in [2.75, 3.05) is 31.1 Å². The number of aromatic nitrogens is 4.